The van der Waals surface area contributed by atoms with Gasteiger partial charge in [-0.05, 0) is 19.3 Å². The van der Waals surface area contributed by atoms with Crippen molar-refractivity contribution >= 4 is 11.8 Å². The lowest BCUT2D eigenvalue weighted by Crippen LogP contribution is -2.08. The van der Waals surface area contributed by atoms with E-state index in [1.807, 2.05) is 0 Å². The average Bonchev–Trinajstić information content (AvgIpc) is 3.05. The van der Waals surface area contributed by atoms with E-state index in [1.165, 1.54) is 12.8 Å². The van der Waals surface area contributed by atoms with Gasteiger partial charge in [-0.1, -0.05) is 23.8 Å². The van der Waals surface area contributed by atoms with Crippen molar-refractivity contribution in [3.63, 3.8) is 0 Å². The molecule has 0 aromatic carbocycles. The Labute approximate surface area is 121 Å². The molecule has 8 heteroatoms. The molecule has 0 amide bonds. The van der Waals surface area contributed by atoms with Crippen LogP contribution < -0.4 is 5.73 Å². The van der Waals surface area contributed by atoms with Crippen LogP contribution in [0.15, 0.2) is 9.68 Å². The number of aryl methyl sites for hydroxylation is 1. The van der Waals surface area contributed by atoms with Gasteiger partial charge in [0.15, 0.2) is 11.0 Å². The molecular weight excluding hydrogens is 276 g/mol. The van der Waals surface area contributed by atoms with Crippen molar-refractivity contribution in [2.45, 2.75) is 56.1 Å². The number of nitrogens with two attached hydrogens (primary N) is 1. The lowest BCUT2D eigenvalue weighted by atomic mass is 10.3. The van der Waals surface area contributed by atoms with E-state index in [0.717, 1.165) is 29.6 Å². The van der Waals surface area contributed by atoms with Gasteiger partial charge < -0.3 is 14.8 Å². The van der Waals surface area contributed by atoms with E-state index in [0.29, 0.717) is 24.2 Å². The number of aromatic nitrogens is 5. The maximum atomic E-state index is 5.70. The highest BCUT2D eigenvalue weighted by Crippen LogP contribution is 2.39. The van der Waals surface area contributed by atoms with E-state index in [1.54, 1.807) is 11.8 Å². The maximum Gasteiger partial charge on any atom is 0.237 e. The quantitative estimate of drug-likeness (QED) is 0.776. The second-order valence-corrected chi connectivity index (χ2v) is 5.79. The van der Waals surface area contributed by atoms with Crippen LogP contribution in [0.4, 0.5) is 0 Å². The van der Waals surface area contributed by atoms with Gasteiger partial charge in [0.25, 0.3) is 0 Å². The SMILES string of the molecule is CCCc1noc(CSc2nnc(CN)n2C2CC2)n1. The highest BCUT2D eigenvalue weighted by Gasteiger charge is 2.29. The van der Waals surface area contributed by atoms with Crippen LogP contribution in [-0.4, -0.2) is 24.9 Å². The molecule has 2 N–H and O–H groups in total. The van der Waals surface area contributed by atoms with Crippen LogP contribution in [-0.2, 0) is 18.7 Å². The number of rotatable bonds is 7. The Balaban J connectivity index is 1.67. The van der Waals surface area contributed by atoms with E-state index in [-0.39, 0.29) is 0 Å². The minimum atomic E-state index is 0.422. The van der Waals surface area contributed by atoms with Crippen LogP contribution in [0.1, 0.15) is 49.8 Å². The highest BCUT2D eigenvalue weighted by atomic mass is 32.2. The molecule has 2 aromatic rings. The molecule has 0 bridgehead atoms. The Bertz CT molecular complexity index is 576. The fraction of sp³-hybridized carbons (Fsp3) is 0.667. The summed E-state index contributed by atoms with van der Waals surface area (Å²) in [6, 6.07) is 0.518. The van der Waals surface area contributed by atoms with E-state index in [4.69, 9.17) is 10.3 Å². The second kappa shape index (κ2) is 5.92. The molecule has 0 atom stereocenters. The number of nitrogens with zero attached hydrogens (tertiary/aromatic N) is 5. The summed E-state index contributed by atoms with van der Waals surface area (Å²) in [5.74, 6) is 2.88. The number of thioether (sulfide) groups is 1. The van der Waals surface area contributed by atoms with Crippen LogP contribution in [0.2, 0.25) is 0 Å². The van der Waals surface area contributed by atoms with Gasteiger partial charge in [-0.2, -0.15) is 4.98 Å². The zero-order chi connectivity index (χ0) is 13.9. The predicted octanol–water partition coefficient (Wildman–Crippen LogP) is 1.70. The summed E-state index contributed by atoms with van der Waals surface area (Å²) in [6.07, 6.45) is 4.23. The van der Waals surface area contributed by atoms with Crippen molar-refractivity contribution in [2.75, 3.05) is 0 Å². The molecule has 0 radical (unpaired) electrons. The maximum absolute atomic E-state index is 5.70. The largest absolute Gasteiger partial charge is 0.338 e. The van der Waals surface area contributed by atoms with Gasteiger partial charge in [-0.15, -0.1) is 10.2 Å². The second-order valence-electron chi connectivity index (χ2n) is 4.85. The van der Waals surface area contributed by atoms with Gasteiger partial charge in [0.1, 0.15) is 5.82 Å². The first-order valence-corrected chi connectivity index (χ1v) is 7.88. The minimum absolute atomic E-state index is 0.422. The first-order chi connectivity index (χ1) is 9.81. The van der Waals surface area contributed by atoms with Crippen molar-refractivity contribution in [3.8, 4) is 0 Å². The van der Waals surface area contributed by atoms with Gasteiger partial charge in [0.2, 0.25) is 5.89 Å². The van der Waals surface area contributed by atoms with Crippen LogP contribution in [0.3, 0.4) is 0 Å². The first kappa shape index (κ1) is 13.6. The van der Waals surface area contributed by atoms with Gasteiger partial charge in [0.05, 0.1) is 12.3 Å². The van der Waals surface area contributed by atoms with Crippen LogP contribution >= 0.6 is 11.8 Å². The molecule has 0 spiro atoms. The number of hydrogen-bond donors (Lipinski definition) is 1. The Morgan fingerprint density at radius 1 is 1.40 bits per heavy atom. The monoisotopic (exact) mass is 294 g/mol. The lowest BCUT2D eigenvalue weighted by Gasteiger charge is -2.05. The van der Waals surface area contributed by atoms with E-state index >= 15 is 0 Å². The molecular formula is C12H18N6OS. The summed E-state index contributed by atoms with van der Waals surface area (Å²) in [5.41, 5.74) is 5.70. The third-order valence-electron chi connectivity index (χ3n) is 3.14. The van der Waals surface area contributed by atoms with Crippen LogP contribution in [0.25, 0.3) is 0 Å². The Hall–Kier alpha value is -1.41. The van der Waals surface area contributed by atoms with E-state index < -0.39 is 0 Å². The zero-order valence-electron chi connectivity index (χ0n) is 11.4. The molecule has 0 unspecified atom stereocenters. The van der Waals surface area contributed by atoms with Crippen LogP contribution in [0, 0.1) is 0 Å². The highest BCUT2D eigenvalue weighted by molar-refractivity contribution is 7.98. The first-order valence-electron chi connectivity index (χ1n) is 6.90. The smallest absolute Gasteiger partial charge is 0.237 e. The third-order valence-corrected chi connectivity index (χ3v) is 4.07. The molecule has 20 heavy (non-hydrogen) atoms. The molecule has 1 saturated carbocycles. The molecule has 7 nitrogen and oxygen atoms in total. The summed E-state index contributed by atoms with van der Waals surface area (Å²) in [5, 5.41) is 13.2. The minimum Gasteiger partial charge on any atom is -0.338 e. The normalized spacial score (nSPS) is 14.9. The summed E-state index contributed by atoms with van der Waals surface area (Å²) >= 11 is 1.57. The van der Waals surface area contributed by atoms with Crippen molar-refractivity contribution in [1.82, 2.24) is 24.9 Å². The average molecular weight is 294 g/mol. The third kappa shape index (κ3) is 2.85. The van der Waals surface area contributed by atoms with Gasteiger partial charge in [-0.3, -0.25) is 0 Å². The molecule has 2 heterocycles. The van der Waals surface area contributed by atoms with Gasteiger partial charge >= 0.3 is 0 Å². The fourth-order valence-electron chi connectivity index (χ4n) is 2.04. The molecule has 0 saturated heterocycles. The molecule has 108 valence electrons. The van der Waals surface area contributed by atoms with Crippen molar-refractivity contribution in [3.05, 3.63) is 17.5 Å². The molecule has 1 aliphatic rings. The van der Waals surface area contributed by atoms with E-state index in [2.05, 4.69) is 31.8 Å². The molecule has 3 rings (SSSR count). The summed E-state index contributed by atoms with van der Waals surface area (Å²) in [7, 11) is 0. The summed E-state index contributed by atoms with van der Waals surface area (Å²) in [4.78, 5) is 4.35. The lowest BCUT2D eigenvalue weighted by molar-refractivity contribution is 0.384. The predicted molar refractivity (Wildman–Crippen MR) is 74.0 cm³/mol. The molecule has 1 aliphatic carbocycles. The van der Waals surface area contributed by atoms with Crippen molar-refractivity contribution in [1.29, 1.82) is 0 Å². The molecule has 0 aliphatic heterocycles. The topological polar surface area (TPSA) is 95.6 Å². The Morgan fingerprint density at radius 2 is 2.25 bits per heavy atom. The van der Waals surface area contributed by atoms with Crippen molar-refractivity contribution in [2.24, 2.45) is 5.73 Å². The summed E-state index contributed by atoms with van der Waals surface area (Å²) < 4.78 is 7.37. The molecule has 2 aromatic heterocycles. The van der Waals surface area contributed by atoms with E-state index in [9.17, 15) is 0 Å². The van der Waals surface area contributed by atoms with Crippen molar-refractivity contribution < 1.29 is 4.52 Å². The Morgan fingerprint density at radius 3 is 2.95 bits per heavy atom. The number of hydrogen-bond acceptors (Lipinski definition) is 7. The van der Waals surface area contributed by atoms with Gasteiger partial charge in [-0.25, -0.2) is 0 Å². The zero-order valence-corrected chi connectivity index (χ0v) is 12.3. The standard InChI is InChI=1S/C12H18N6OS/c1-2-3-9-14-11(19-17-9)7-20-12-16-15-10(6-13)18(12)8-4-5-8/h8H,2-7,13H2,1H3. The van der Waals surface area contributed by atoms with Gasteiger partial charge in [0, 0.05) is 12.5 Å². The molecule has 1 fully saturated rings. The fourth-order valence-corrected chi connectivity index (χ4v) is 2.91. The van der Waals surface area contributed by atoms with Crippen LogP contribution in [0.5, 0.6) is 0 Å². The summed E-state index contributed by atoms with van der Waals surface area (Å²) in [6.45, 7) is 2.52. The Kier molecular flexibility index (Phi) is 4.02.